The van der Waals surface area contributed by atoms with E-state index < -0.39 is 12.0 Å². The van der Waals surface area contributed by atoms with Gasteiger partial charge in [0.15, 0.2) is 6.04 Å². The zero-order valence-corrected chi connectivity index (χ0v) is 12.1. The summed E-state index contributed by atoms with van der Waals surface area (Å²) in [6.07, 6.45) is 2.13. The first-order valence-corrected chi connectivity index (χ1v) is 7.01. The highest BCUT2D eigenvalue weighted by atomic mass is 16.4. The summed E-state index contributed by atoms with van der Waals surface area (Å²) < 4.78 is 0. The van der Waals surface area contributed by atoms with Crippen molar-refractivity contribution in [3.8, 4) is 0 Å². The molecule has 108 valence electrons. The van der Waals surface area contributed by atoms with E-state index in [1.807, 2.05) is 32.9 Å². The smallest absolute Gasteiger partial charge is 0.330 e. The van der Waals surface area contributed by atoms with E-state index in [4.69, 9.17) is 0 Å². The number of nitrogens with one attached hydrogen (secondary N) is 1. The minimum absolute atomic E-state index is 0.109. The fourth-order valence-corrected chi connectivity index (χ4v) is 2.44. The Kier molecular flexibility index (Phi) is 4.12. The molecule has 0 radical (unpaired) electrons. The molecule has 0 aromatic heterocycles. The number of hydrogen-bond acceptors (Lipinski definition) is 2. The van der Waals surface area contributed by atoms with Gasteiger partial charge in [-0.1, -0.05) is 25.1 Å². The molecule has 4 heteroatoms. The number of hydrogen-bond donors (Lipinski definition) is 2. The van der Waals surface area contributed by atoms with E-state index in [0.717, 1.165) is 24.0 Å². The predicted octanol–water partition coefficient (Wildman–Crippen LogP) is 2.59. The summed E-state index contributed by atoms with van der Waals surface area (Å²) in [6, 6.07) is 4.56. The third-order valence-corrected chi connectivity index (χ3v) is 4.23. The number of carboxylic acids is 1. The lowest BCUT2D eigenvalue weighted by molar-refractivity contribution is -0.142. The van der Waals surface area contributed by atoms with Crippen molar-refractivity contribution in [2.45, 2.75) is 39.7 Å². The van der Waals surface area contributed by atoms with E-state index >= 15 is 0 Å². The van der Waals surface area contributed by atoms with Crippen molar-refractivity contribution in [3.63, 3.8) is 0 Å². The van der Waals surface area contributed by atoms with Crippen LogP contribution in [0.15, 0.2) is 18.2 Å². The van der Waals surface area contributed by atoms with Crippen LogP contribution in [-0.2, 0) is 9.59 Å². The standard InChI is InChI=1S/C16H21NO3/c1-9-5-4-6-13(10(9)2)14(16(19)20)17-15(18)11(3)12-7-8-12/h4-6,11-12,14H,7-8H2,1-3H3,(H,17,18)(H,19,20). The van der Waals surface area contributed by atoms with Gasteiger partial charge in [0.05, 0.1) is 0 Å². The Bertz CT molecular complexity index is 535. The largest absolute Gasteiger partial charge is 0.479 e. The number of amides is 1. The molecule has 1 aliphatic carbocycles. The molecule has 1 amide bonds. The topological polar surface area (TPSA) is 66.4 Å². The second-order valence-electron chi connectivity index (χ2n) is 5.70. The molecule has 2 N–H and O–H groups in total. The van der Waals surface area contributed by atoms with Crippen molar-refractivity contribution in [1.82, 2.24) is 5.32 Å². The molecule has 1 fully saturated rings. The normalized spacial score (nSPS) is 17.4. The molecule has 1 aliphatic rings. The van der Waals surface area contributed by atoms with Crippen LogP contribution in [0.2, 0.25) is 0 Å². The van der Waals surface area contributed by atoms with Gasteiger partial charge in [-0.2, -0.15) is 0 Å². The van der Waals surface area contributed by atoms with Crippen LogP contribution in [0.1, 0.15) is 42.5 Å². The lowest BCUT2D eigenvalue weighted by Crippen LogP contribution is -2.38. The van der Waals surface area contributed by atoms with Crippen LogP contribution in [0.4, 0.5) is 0 Å². The molecule has 1 aromatic rings. The Balaban J connectivity index is 2.20. The predicted molar refractivity (Wildman–Crippen MR) is 76.3 cm³/mol. The number of benzene rings is 1. The van der Waals surface area contributed by atoms with Crippen molar-refractivity contribution < 1.29 is 14.7 Å². The quantitative estimate of drug-likeness (QED) is 0.868. The van der Waals surface area contributed by atoms with Crippen molar-refractivity contribution in [3.05, 3.63) is 34.9 Å². The van der Waals surface area contributed by atoms with Gasteiger partial charge in [-0.25, -0.2) is 4.79 Å². The van der Waals surface area contributed by atoms with Gasteiger partial charge in [0.1, 0.15) is 0 Å². The highest BCUT2D eigenvalue weighted by Crippen LogP contribution is 2.37. The van der Waals surface area contributed by atoms with Gasteiger partial charge in [0.2, 0.25) is 5.91 Å². The number of carbonyl (C=O) groups excluding carboxylic acids is 1. The second kappa shape index (κ2) is 5.65. The van der Waals surface area contributed by atoms with Gasteiger partial charge in [0.25, 0.3) is 0 Å². The van der Waals surface area contributed by atoms with E-state index in [0.29, 0.717) is 11.5 Å². The molecule has 0 saturated heterocycles. The first-order chi connectivity index (χ1) is 9.41. The number of carboxylic acid groups (broad SMARTS) is 1. The molecule has 4 nitrogen and oxygen atoms in total. The van der Waals surface area contributed by atoms with Gasteiger partial charge in [0, 0.05) is 5.92 Å². The zero-order valence-electron chi connectivity index (χ0n) is 12.1. The third kappa shape index (κ3) is 3.00. The summed E-state index contributed by atoms with van der Waals surface area (Å²) in [5.74, 6) is -0.874. The zero-order chi connectivity index (χ0) is 14.9. The average Bonchev–Trinajstić information content (AvgIpc) is 3.22. The lowest BCUT2D eigenvalue weighted by atomic mass is 9.96. The van der Waals surface area contributed by atoms with E-state index in [1.54, 1.807) is 6.07 Å². The van der Waals surface area contributed by atoms with Crippen LogP contribution in [0.25, 0.3) is 0 Å². The molecule has 2 atom stereocenters. The molecule has 0 aliphatic heterocycles. The molecule has 2 unspecified atom stereocenters. The van der Waals surface area contributed by atoms with Crippen LogP contribution in [0.3, 0.4) is 0 Å². The SMILES string of the molecule is Cc1cccc(C(NC(=O)C(C)C2CC2)C(=O)O)c1C. The Morgan fingerprint density at radius 2 is 1.95 bits per heavy atom. The molecular formula is C16H21NO3. The van der Waals surface area contributed by atoms with E-state index in [2.05, 4.69) is 5.32 Å². The van der Waals surface area contributed by atoms with Gasteiger partial charge in [-0.05, 0) is 49.3 Å². The van der Waals surface area contributed by atoms with Crippen LogP contribution >= 0.6 is 0 Å². The maximum absolute atomic E-state index is 12.1. The minimum Gasteiger partial charge on any atom is -0.479 e. The molecule has 0 spiro atoms. The Hall–Kier alpha value is -1.84. The van der Waals surface area contributed by atoms with Crippen LogP contribution in [0, 0.1) is 25.7 Å². The Labute approximate surface area is 119 Å². The molecule has 20 heavy (non-hydrogen) atoms. The Morgan fingerprint density at radius 3 is 2.50 bits per heavy atom. The number of aliphatic carboxylic acids is 1. The van der Waals surface area contributed by atoms with Crippen molar-refractivity contribution in [2.24, 2.45) is 11.8 Å². The van der Waals surface area contributed by atoms with Gasteiger partial charge in [-0.15, -0.1) is 0 Å². The highest BCUT2D eigenvalue weighted by Gasteiger charge is 2.34. The Morgan fingerprint density at radius 1 is 1.30 bits per heavy atom. The fourth-order valence-electron chi connectivity index (χ4n) is 2.44. The molecule has 1 aromatic carbocycles. The first-order valence-electron chi connectivity index (χ1n) is 7.01. The number of rotatable bonds is 5. The van der Waals surface area contributed by atoms with Gasteiger partial charge >= 0.3 is 5.97 Å². The molecule has 1 saturated carbocycles. The molecule has 0 heterocycles. The lowest BCUT2D eigenvalue weighted by Gasteiger charge is -2.20. The van der Waals surface area contributed by atoms with Crippen molar-refractivity contribution in [2.75, 3.05) is 0 Å². The summed E-state index contributed by atoms with van der Waals surface area (Å²) in [5, 5.41) is 12.1. The van der Waals surface area contributed by atoms with Crippen LogP contribution < -0.4 is 5.32 Å². The van der Waals surface area contributed by atoms with Crippen molar-refractivity contribution >= 4 is 11.9 Å². The van der Waals surface area contributed by atoms with Crippen LogP contribution in [0.5, 0.6) is 0 Å². The fraction of sp³-hybridized carbons (Fsp3) is 0.500. The summed E-state index contributed by atoms with van der Waals surface area (Å²) in [6.45, 7) is 5.69. The molecular weight excluding hydrogens is 254 g/mol. The minimum atomic E-state index is -1.02. The average molecular weight is 275 g/mol. The van der Waals surface area contributed by atoms with Gasteiger partial charge < -0.3 is 10.4 Å². The third-order valence-electron chi connectivity index (χ3n) is 4.23. The summed E-state index contributed by atoms with van der Waals surface area (Å²) in [4.78, 5) is 23.6. The number of aryl methyl sites for hydroxylation is 1. The first kappa shape index (κ1) is 14.6. The monoisotopic (exact) mass is 275 g/mol. The summed E-state index contributed by atoms with van der Waals surface area (Å²) >= 11 is 0. The number of carbonyl (C=O) groups is 2. The summed E-state index contributed by atoms with van der Waals surface area (Å²) in [7, 11) is 0. The van der Waals surface area contributed by atoms with Crippen molar-refractivity contribution in [1.29, 1.82) is 0 Å². The van der Waals surface area contributed by atoms with Crippen LogP contribution in [-0.4, -0.2) is 17.0 Å². The maximum atomic E-state index is 12.1. The van der Waals surface area contributed by atoms with E-state index in [1.165, 1.54) is 0 Å². The summed E-state index contributed by atoms with van der Waals surface area (Å²) in [5.41, 5.74) is 2.60. The highest BCUT2D eigenvalue weighted by molar-refractivity contribution is 5.86. The van der Waals surface area contributed by atoms with Gasteiger partial charge in [-0.3, -0.25) is 4.79 Å². The second-order valence-corrected chi connectivity index (χ2v) is 5.70. The maximum Gasteiger partial charge on any atom is 0.330 e. The van der Waals surface area contributed by atoms with E-state index in [-0.39, 0.29) is 11.8 Å². The molecule has 0 bridgehead atoms. The molecule has 2 rings (SSSR count). The van der Waals surface area contributed by atoms with E-state index in [9.17, 15) is 14.7 Å².